The third-order valence-electron chi connectivity index (χ3n) is 6.80. The fourth-order valence-corrected chi connectivity index (χ4v) is 14.0. The van der Waals surface area contributed by atoms with Gasteiger partial charge in [-0.3, -0.25) is 0 Å². The zero-order valence-corrected chi connectivity index (χ0v) is 26.1. The van der Waals surface area contributed by atoms with E-state index in [0.717, 1.165) is 39.2 Å². The van der Waals surface area contributed by atoms with Crippen molar-refractivity contribution >= 4 is 51.6 Å². The molecule has 6 aromatic carbocycles. The molecule has 0 N–H and O–H groups in total. The van der Waals surface area contributed by atoms with E-state index >= 15 is 0 Å². The first-order chi connectivity index (χ1) is 20.1. The van der Waals surface area contributed by atoms with Gasteiger partial charge in [0.1, 0.15) is 0 Å². The van der Waals surface area contributed by atoms with Crippen molar-refractivity contribution in [2.24, 2.45) is 0 Å². The Morgan fingerprint density at radius 1 is 0.317 bits per heavy atom. The Morgan fingerprint density at radius 3 is 0.854 bits per heavy atom. The van der Waals surface area contributed by atoms with Crippen LogP contribution in [-0.4, -0.2) is 0 Å². The van der Waals surface area contributed by atoms with Gasteiger partial charge in [-0.25, -0.2) is 0 Å². The number of benzene rings is 6. The Balaban J connectivity index is 1.53. The maximum atomic E-state index is 7.86. The predicted octanol–water partition coefficient (Wildman–Crippen LogP) is 12.7. The van der Waals surface area contributed by atoms with Gasteiger partial charge in [-0.15, -0.1) is 0 Å². The molecule has 0 nitrogen and oxygen atoms in total. The molecule has 41 heavy (non-hydrogen) atoms. The minimum atomic E-state index is -2.05. The summed E-state index contributed by atoms with van der Waals surface area (Å²) < 4.78 is 0. The lowest BCUT2D eigenvalue weighted by Gasteiger charge is -2.37. The van der Waals surface area contributed by atoms with E-state index < -0.39 is 18.5 Å². The fourth-order valence-electron chi connectivity index (χ4n) is 4.86. The molecular weight excluding hydrogens is 600 g/mol. The van der Waals surface area contributed by atoms with E-state index in [1.165, 1.54) is 0 Å². The van der Waals surface area contributed by atoms with Crippen LogP contribution in [0, 0.1) is 0 Å². The number of hydrogen-bond acceptors (Lipinski definition) is 1. The Kier molecular flexibility index (Phi) is 8.52. The fraction of sp³-hybridized carbons (Fsp3) is 0. The second-order valence-electron chi connectivity index (χ2n) is 9.32. The SMILES string of the molecule is ClS(c1ccccc1)(c1ccccc1)c1ccccc1Sc1ccccc1S(Cl)(c1ccccc1)c1ccccc1. The molecule has 0 aliphatic heterocycles. The van der Waals surface area contributed by atoms with Crippen LogP contribution in [-0.2, 0) is 0 Å². The summed E-state index contributed by atoms with van der Waals surface area (Å²) in [6.45, 7) is 0. The minimum absolute atomic E-state index is 1.11. The molecule has 0 radical (unpaired) electrons. The summed E-state index contributed by atoms with van der Waals surface area (Å²) in [6.07, 6.45) is 0. The summed E-state index contributed by atoms with van der Waals surface area (Å²) in [5.41, 5.74) is 0. The number of rotatable bonds is 8. The van der Waals surface area contributed by atoms with E-state index in [9.17, 15) is 0 Å². The molecule has 0 fully saturated rings. The topological polar surface area (TPSA) is 0 Å². The van der Waals surface area contributed by atoms with Gasteiger partial charge in [-0.1, -0.05) is 149 Å². The van der Waals surface area contributed by atoms with E-state index in [2.05, 4.69) is 146 Å². The smallest absolute Gasteiger partial charge is 0.0261 e. The van der Waals surface area contributed by atoms with E-state index in [1.807, 2.05) is 24.3 Å². The maximum Gasteiger partial charge on any atom is 0.0261 e. The van der Waals surface area contributed by atoms with Crippen LogP contribution >= 0.6 is 51.6 Å². The highest BCUT2D eigenvalue weighted by molar-refractivity contribution is 8.51. The van der Waals surface area contributed by atoms with Crippen molar-refractivity contribution < 1.29 is 0 Å². The molecule has 0 spiro atoms. The third-order valence-corrected chi connectivity index (χ3v) is 17.0. The zero-order chi connectivity index (χ0) is 28.1. The highest BCUT2D eigenvalue weighted by Gasteiger charge is 2.34. The second-order valence-corrected chi connectivity index (χ2v) is 18.1. The molecule has 5 heteroatoms. The first kappa shape index (κ1) is 28.1. The molecule has 0 heterocycles. The second kappa shape index (κ2) is 12.4. The highest BCUT2D eigenvalue weighted by Crippen LogP contribution is 2.76. The molecule has 6 aromatic rings. The Labute approximate surface area is 259 Å². The lowest BCUT2D eigenvalue weighted by molar-refractivity contribution is 1.17. The molecule has 0 amide bonds. The van der Waals surface area contributed by atoms with Crippen molar-refractivity contribution in [2.75, 3.05) is 0 Å². The van der Waals surface area contributed by atoms with Crippen molar-refractivity contribution in [1.29, 1.82) is 0 Å². The summed E-state index contributed by atoms with van der Waals surface area (Å²) in [4.78, 5) is 8.93. The van der Waals surface area contributed by atoms with Crippen LogP contribution in [0.25, 0.3) is 0 Å². The van der Waals surface area contributed by atoms with Crippen LogP contribution in [0.5, 0.6) is 0 Å². The van der Waals surface area contributed by atoms with Crippen molar-refractivity contribution in [3.8, 4) is 0 Å². The monoisotopic (exact) mass is 626 g/mol. The molecule has 0 aliphatic carbocycles. The molecule has 0 aliphatic rings. The molecule has 0 saturated carbocycles. The molecule has 6 rings (SSSR count). The van der Waals surface area contributed by atoms with Crippen molar-refractivity contribution in [3.05, 3.63) is 170 Å². The predicted molar refractivity (Wildman–Crippen MR) is 179 cm³/mol. The minimum Gasteiger partial charge on any atom is -0.0877 e. The molecule has 204 valence electrons. The van der Waals surface area contributed by atoms with Crippen molar-refractivity contribution in [1.82, 2.24) is 0 Å². The van der Waals surface area contributed by atoms with Crippen LogP contribution in [0.2, 0.25) is 0 Å². The van der Waals surface area contributed by atoms with Gasteiger partial charge in [0.25, 0.3) is 0 Å². The quantitative estimate of drug-likeness (QED) is 0.162. The average molecular weight is 628 g/mol. The summed E-state index contributed by atoms with van der Waals surface area (Å²) in [7, 11) is 11.6. The van der Waals surface area contributed by atoms with E-state index in [4.69, 9.17) is 21.4 Å². The van der Waals surface area contributed by atoms with Gasteiger partial charge in [0.05, 0.1) is 0 Å². The van der Waals surface area contributed by atoms with E-state index in [1.54, 1.807) is 11.8 Å². The van der Waals surface area contributed by atoms with E-state index in [-0.39, 0.29) is 0 Å². The Morgan fingerprint density at radius 2 is 0.561 bits per heavy atom. The lowest BCUT2D eigenvalue weighted by atomic mass is 10.3. The van der Waals surface area contributed by atoms with Gasteiger partial charge in [0.15, 0.2) is 0 Å². The van der Waals surface area contributed by atoms with Gasteiger partial charge in [0, 0.05) is 39.2 Å². The van der Waals surface area contributed by atoms with Gasteiger partial charge < -0.3 is 0 Å². The summed E-state index contributed by atoms with van der Waals surface area (Å²) >= 11 is 1.75. The largest absolute Gasteiger partial charge is 0.0877 e. The van der Waals surface area contributed by atoms with Crippen LogP contribution in [0.3, 0.4) is 0 Å². The highest BCUT2D eigenvalue weighted by atomic mass is 35.7. The Bertz CT molecular complexity index is 1520. The van der Waals surface area contributed by atoms with Crippen LogP contribution in [0.1, 0.15) is 0 Å². The molecular formula is C36H28Cl2S3. The summed E-state index contributed by atoms with van der Waals surface area (Å²) in [5.74, 6) is 0. The van der Waals surface area contributed by atoms with Crippen molar-refractivity contribution in [3.63, 3.8) is 0 Å². The first-order valence-corrected chi connectivity index (χ1v) is 19.0. The zero-order valence-electron chi connectivity index (χ0n) is 22.1. The molecule has 0 unspecified atom stereocenters. The number of halogens is 2. The van der Waals surface area contributed by atoms with E-state index in [0.29, 0.717) is 0 Å². The van der Waals surface area contributed by atoms with Crippen LogP contribution in [0.15, 0.2) is 209 Å². The molecule has 0 saturated heterocycles. The van der Waals surface area contributed by atoms with Crippen LogP contribution in [0.4, 0.5) is 0 Å². The molecule has 0 atom stereocenters. The van der Waals surface area contributed by atoms with Gasteiger partial charge in [0.2, 0.25) is 0 Å². The number of hydrogen-bond donors (Lipinski definition) is 0. The maximum absolute atomic E-state index is 7.86. The van der Waals surface area contributed by atoms with Gasteiger partial charge >= 0.3 is 0 Å². The first-order valence-electron chi connectivity index (χ1n) is 13.2. The lowest BCUT2D eigenvalue weighted by Crippen LogP contribution is -2.00. The van der Waals surface area contributed by atoms with Crippen LogP contribution < -0.4 is 0 Å². The third kappa shape index (κ3) is 5.46. The van der Waals surface area contributed by atoms with Gasteiger partial charge in [-0.2, -0.15) is 0 Å². The molecule has 0 aromatic heterocycles. The Hall–Kier alpha value is -3.05. The normalized spacial score (nSPS) is 12.5. The van der Waals surface area contributed by atoms with Gasteiger partial charge in [-0.05, 0) is 72.8 Å². The average Bonchev–Trinajstić information content (AvgIpc) is 3.06. The summed E-state index contributed by atoms with van der Waals surface area (Å²) in [5, 5.41) is 0. The molecule has 0 bridgehead atoms. The standard InChI is InChI=1S/C36H28Cl2S3/c37-40(29-17-5-1-6-18-29,30-19-7-2-8-20-30)35-27-15-13-25-33(35)39-34-26-14-16-28-36(34)41(38,31-21-9-3-10-22-31)32-23-11-4-12-24-32/h1-28H. The summed E-state index contributed by atoms with van der Waals surface area (Å²) in [6, 6.07) is 58.9. The van der Waals surface area contributed by atoms with Crippen molar-refractivity contribution in [2.45, 2.75) is 39.2 Å².